The molecule has 1 fully saturated rings. The molecule has 1 aliphatic carbocycles. The van der Waals surface area contributed by atoms with Crippen molar-refractivity contribution in [1.29, 1.82) is 0 Å². The Bertz CT molecular complexity index is 307. The zero-order valence-corrected chi connectivity index (χ0v) is 11.1. The Morgan fingerprint density at radius 3 is 2.94 bits per heavy atom. The molecule has 1 heterocycles. The summed E-state index contributed by atoms with van der Waals surface area (Å²) in [4.78, 5) is 0. The highest BCUT2D eigenvalue weighted by atomic mass is 16.3. The van der Waals surface area contributed by atoms with Gasteiger partial charge < -0.3 is 9.73 Å². The maximum Gasteiger partial charge on any atom is 0.120 e. The fourth-order valence-electron chi connectivity index (χ4n) is 2.83. The highest BCUT2D eigenvalue weighted by Crippen LogP contribution is 2.25. The first-order chi connectivity index (χ1) is 8.29. The van der Waals surface area contributed by atoms with Crippen molar-refractivity contribution in [2.45, 2.75) is 64.5 Å². The summed E-state index contributed by atoms with van der Waals surface area (Å²) in [5.74, 6) is 2.00. The SMILES string of the molecule is CCC(NC1CCCC(C)CC1)c1ccco1. The molecular weight excluding hydrogens is 210 g/mol. The van der Waals surface area contributed by atoms with Gasteiger partial charge in [0.05, 0.1) is 12.3 Å². The molecule has 2 nitrogen and oxygen atoms in total. The van der Waals surface area contributed by atoms with Gasteiger partial charge in [-0.3, -0.25) is 0 Å². The molecule has 1 aromatic rings. The minimum atomic E-state index is 0.392. The molecule has 1 aromatic heterocycles. The molecule has 0 bridgehead atoms. The molecule has 1 N–H and O–H groups in total. The molecule has 0 saturated heterocycles. The van der Waals surface area contributed by atoms with E-state index in [2.05, 4.69) is 25.2 Å². The molecule has 0 aromatic carbocycles. The Morgan fingerprint density at radius 2 is 2.24 bits per heavy atom. The molecule has 0 radical (unpaired) electrons. The predicted molar refractivity (Wildman–Crippen MR) is 70.9 cm³/mol. The number of hydrogen-bond donors (Lipinski definition) is 1. The molecule has 2 heteroatoms. The third kappa shape index (κ3) is 3.60. The van der Waals surface area contributed by atoms with Crippen LogP contribution >= 0.6 is 0 Å². The van der Waals surface area contributed by atoms with Crippen LogP contribution in [-0.2, 0) is 0 Å². The summed E-state index contributed by atoms with van der Waals surface area (Å²) in [6.45, 7) is 4.60. The number of rotatable bonds is 4. The second-order valence-corrected chi connectivity index (χ2v) is 5.45. The maximum absolute atomic E-state index is 5.52. The second kappa shape index (κ2) is 6.25. The van der Waals surface area contributed by atoms with Crippen LogP contribution in [-0.4, -0.2) is 6.04 Å². The molecule has 1 aliphatic rings. The highest BCUT2D eigenvalue weighted by Gasteiger charge is 2.20. The van der Waals surface area contributed by atoms with E-state index < -0.39 is 0 Å². The van der Waals surface area contributed by atoms with Crippen molar-refractivity contribution in [2.75, 3.05) is 0 Å². The Balaban J connectivity index is 1.90. The monoisotopic (exact) mass is 235 g/mol. The lowest BCUT2D eigenvalue weighted by Crippen LogP contribution is -2.32. The second-order valence-electron chi connectivity index (χ2n) is 5.45. The largest absolute Gasteiger partial charge is 0.468 e. The van der Waals surface area contributed by atoms with Gasteiger partial charge in [-0.15, -0.1) is 0 Å². The van der Waals surface area contributed by atoms with Crippen molar-refractivity contribution in [3.8, 4) is 0 Å². The van der Waals surface area contributed by atoms with Crippen molar-refractivity contribution < 1.29 is 4.42 Å². The Kier molecular flexibility index (Phi) is 4.66. The fourth-order valence-corrected chi connectivity index (χ4v) is 2.83. The van der Waals surface area contributed by atoms with E-state index in [-0.39, 0.29) is 0 Å². The first-order valence-electron chi connectivity index (χ1n) is 7.09. The third-order valence-corrected chi connectivity index (χ3v) is 3.99. The van der Waals surface area contributed by atoms with Gasteiger partial charge in [-0.2, -0.15) is 0 Å². The topological polar surface area (TPSA) is 25.2 Å². The highest BCUT2D eigenvalue weighted by molar-refractivity contribution is 5.04. The Hall–Kier alpha value is -0.760. The lowest BCUT2D eigenvalue weighted by atomic mass is 10.0. The van der Waals surface area contributed by atoms with Crippen LogP contribution in [0.25, 0.3) is 0 Å². The first kappa shape index (κ1) is 12.7. The average Bonchev–Trinajstić information content (AvgIpc) is 2.78. The van der Waals surface area contributed by atoms with Crippen LogP contribution in [0.4, 0.5) is 0 Å². The molecule has 2 rings (SSSR count). The lowest BCUT2D eigenvalue weighted by Gasteiger charge is -2.22. The van der Waals surface area contributed by atoms with Crippen molar-refractivity contribution in [3.05, 3.63) is 24.2 Å². The normalized spacial score (nSPS) is 27.6. The van der Waals surface area contributed by atoms with Crippen LogP contribution in [0.1, 0.15) is 64.2 Å². The minimum Gasteiger partial charge on any atom is -0.468 e. The molecule has 17 heavy (non-hydrogen) atoms. The quantitative estimate of drug-likeness (QED) is 0.788. The van der Waals surface area contributed by atoms with E-state index in [0.29, 0.717) is 12.1 Å². The van der Waals surface area contributed by atoms with Crippen LogP contribution in [0.3, 0.4) is 0 Å². The molecule has 0 spiro atoms. The summed E-state index contributed by atoms with van der Waals surface area (Å²) in [5, 5.41) is 3.77. The molecular formula is C15H25NO. The van der Waals surface area contributed by atoms with E-state index in [1.54, 1.807) is 6.26 Å². The lowest BCUT2D eigenvalue weighted by molar-refractivity contribution is 0.342. The van der Waals surface area contributed by atoms with E-state index in [9.17, 15) is 0 Å². The molecule has 1 saturated carbocycles. The maximum atomic E-state index is 5.52. The molecule has 96 valence electrons. The van der Waals surface area contributed by atoms with Crippen molar-refractivity contribution >= 4 is 0 Å². The summed E-state index contributed by atoms with van der Waals surface area (Å²) >= 11 is 0. The van der Waals surface area contributed by atoms with Crippen molar-refractivity contribution in [1.82, 2.24) is 5.32 Å². The summed E-state index contributed by atoms with van der Waals surface area (Å²) in [6.07, 6.45) is 9.64. The van der Waals surface area contributed by atoms with Crippen molar-refractivity contribution in [3.63, 3.8) is 0 Å². The Morgan fingerprint density at radius 1 is 1.35 bits per heavy atom. The standard InChI is InChI=1S/C15H25NO/c1-3-14(15-8-5-11-17-15)16-13-7-4-6-12(2)9-10-13/h5,8,11-14,16H,3-4,6-7,9-10H2,1-2H3. The minimum absolute atomic E-state index is 0.392. The average molecular weight is 235 g/mol. The van der Waals surface area contributed by atoms with Crippen molar-refractivity contribution in [2.24, 2.45) is 5.92 Å². The van der Waals surface area contributed by atoms with Crippen LogP contribution in [0.2, 0.25) is 0 Å². The number of furan rings is 1. The molecule has 0 amide bonds. The van der Waals surface area contributed by atoms with Gasteiger partial charge >= 0.3 is 0 Å². The molecule has 0 aliphatic heterocycles. The van der Waals surface area contributed by atoms with Crippen LogP contribution in [0.5, 0.6) is 0 Å². The summed E-state index contributed by atoms with van der Waals surface area (Å²) < 4.78 is 5.52. The van der Waals surface area contributed by atoms with Gasteiger partial charge in [-0.05, 0) is 43.7 Å². The van der Waals surface area contributed by atoms with Crippen LogP contribution < -0.4 is 5.32 Å². The zero-order valence-electron chi connectivity index (χ0n) is 11.1. The van der Waals surface area contributed by atoms with E-state index in [4.69, 9.17) is 4.42 Å². The summed E-state index contributed by atoms with van der Waals surface area (Å²) in [5.41, 5.74) is 0. The van der Waals surface area contributed by atoms with Gasteiger partial charge in [0.1, 0.15) is 5.76 Å². The summed E-state index contributed by atoms with van der Waals surface area (Å²) in [6, 6.07) is 5.13. The number of nitrogens with one attached hydrogen (secondary N) is 1. The summed E-state index contributed by atoms with van der Waals surface area (Å²) in [7, 11) is 0. The van der Waals surface area contributed by atoms with Crippen LogP contribution in [0, 0.1) is 5.92 Å². The van der Waals surface area contributed by atoms with Crippen LogP contribution in [0.15, 0.2) is 22.8 Å². The van der Waals surface area contributed by atoms with Gasteiger partial charge in [-0.25, -0.2) is 0 Å². The molecule has 3 atom stereocenters. The fraction of sp³-hybridized carbons (Fsp3) is 0.733. The van der Waals surface area contributed by atoms with Gasteiger partial charge in [0.25, 0.3) is 0 Å². The van der Waals surface area contributed by atoms with E-state index in [1.165, 1.54) is 32.1 Å². The zero-order chi connectivity index (χ0) is 12.1. The Labute approximate surface area is 105 Å². The van der Waals surface area contributed by atoms with Gasteiger partial charge in [0, 0.05) is 6.04 Å². The number of hydrogen-bond acceptors (Lipinski definition) is 2. The predicted octanol–water partition coefficient (Wildman–Crippen LogP) is 4.29. The van der Waals surface area contributed by atoms with Gasteiger partial charge in [0.2, 0.25) is 0 Å². The molecule has 3 unspecified atom stereocenters. The first-order valence-corrected chi connectivity index (χ1v) is 7.09. The third-order valence-electron chi connectivity index (χ3n) is 3.99. The van der Waals surface area contributed by atoms with Gasteiger partial charge in [0.15, 0.2) is 0 Å². The van der Waals surface area contributed by atoms with Gasteiger partial charge in [-0.1, -0.05) is 26.7 Å². The van der Waals surface area contributed by atoms with E-state index in [1.807, 2.05) is 6.07 Å². The van der Waals surface area contributed by atoms with E-state index in [0.717, 1.165) is 18.1 Å². The van der Waals surface area contributed by atoms with E-state index >= 15 is 0 Å². The smallest absolute Gasteiger partial charge is 0.120 e.